The van der Waals surface area contributed by atoms with Crippen LogP contribution in [0.1, 0.15) is 57.7 Å². The summed E-state index contributed by atoms with van der Waals surface area (Å²) in [7, 11) is 0. The number of nitrogens with zero attached hydrogens (tertiary/aromatic N) is 2. The van der Waals surface area contributed by atoms with Gasteiger partial charge in [0.2, 0.25) is 0 Å². The highest BCUT2D eigenvalue weighted by molar-refractivity contribution is 5.93. The first kappa shape index (κ1) is 19.4. The average molecular weight is 346 g/mol. The van der Waals surface area contributed by atoms with Crippen LogP contribution in [-0.2, 0) is 13.1 Å². The molecule has 1 amide bonds. The fourth-order valence-electron chi connectivity index (χ4n) is 2.60. The van der Waals surface area contributed by atoms with E-state index in [1.54, 1.807) is 18.4 Å². The van der Waals surface area contributed by atoms with Gasteiger partial charge >= 0.3 is 0 Å². The molecule has 0 saturated carbocycles. The molecule has 0 fully saturated rings. The molecule has 0 bridgehead atoms. The number of imidazole rings is 1. The molecule has 25 heavy (non-hydrogen) atoms. The predicted octanol–water partition coefficient (Wildman–Crippen LogP) is 2.43. The number of aliphatic hydroxyl groups is 1. The summed E-state index contributed by atoms with van der Waals surface area (Å²) in [6.07, 6.45) is 0. The van der Waals surface area contributed by atoms with Gasteiger partial charge < -0.3 is 20.7 Å². The second-order valence-corrected chi connectivity index (χ2v) is 8.49. The minimum atomic E-state index is -0.972. The number of aromatic nitrogens is 2. The molecule has 1 heterocycles. The number of rotatable bonds is 6. The van der Waals surface area contributed by atoms with E-state index in [9.17, 15) is 9.90 Å². The smallest absolute Gasteiger partial charge is 0.284 e. The molecule has 0 aliphatic heterocycles. The molecular weight excluding hydrogens is 316 g/mol. The van der Waals surface area contributed by atoms with Gasteiger partial charge in [-0.25, -0.2) is 4.98 Å². The summed E-state index contributed by atoms with van der Waals surface area (Å²) < 4.78 is 1.69. The number of primary amides is 1. The second kappa shape index (κ2) is 6.77. The average Bonchev–Trinajstić information content (AvgIpc) is 2.80. The summed E-state index contributed by atoms with van der Waals surface area (Å²) in [5.74, 6) is -0.424. The molecule has 2 rings (SSSR count). The fourth-order valence-corrected chi connectivity index (χ4v) is 2.60. The van der Waals surface area contributed by atoms with Gasteiger partial charge in [-0.05, 0) is 43.9 Å². The number of hydrogen-bond donors (Lipinski definition) is 3. The quantitative estimate of drug-likeness (QED) is 0.749. The minimum absolute atomic E-state index is 0.172. The molecule has 0 aliphatic rings. The van der Waals surface area contributed by atoms with Gasteiger partial charge in [0.05, 0.1) is 23.2 Å². The molecule has 138 valence electrons. The third-order valence-corrected chi connectivity index (χ3v) is 4.49. The lowest BCUT2D eigenvalue weighted by Gasteiger charge is -2.28. The summed E-state index contributed by atoms with van der Waals surface area (Å²) in [6, 6.07) is 6.26. The van der Waals surface area contributed by atoms with E-state index in [1.165, 1.54) is 0 Å². The standard InChI is InChI=1S/C19H30N4O2/c1-12(18(2,3)4)21-10-13-7-8-15-14(9-13)22-17(16(20)24)23(15)11-19(5,6)25/h7-9,12,21,25H,10-11H2,1-6H3,(H2,20,24)/t12-/m0/s1. The van der Waals surface area contributed by atoms with Crippen molar-refractivity contribution < 1.29 is 9.90 Å². The Morgan fingerprint density at radius 1 is 1.32 bits per heavy atom. The number of hydrogen-bond acceptors (Lipinski definition) is 4. The topological polar surface area (TPSA) is 93.2 Å². The number of nitrogens with two attached hydrogens (primary N) is 1. The lowest BCUT2D eigenvalue weighted by Crippen LogP contribution is -2.37. The van der Waals surface area contributed by atoms with Gasteiger partial charge in [-0.2, -0.15) is 0 Å². The second-order valence-electron chi connectivity index (χ2n) is 8.49. The molecule has 4 N–H and O–H groups in total. The van der Waals surface area contributed by atoms with E-state index in [1.807, 2.05) is 18.2 Å². The van der Waals surface area contributed by atoms with Crippen molar-refractivity contribution in [3.05, 3.63) is 29.6 Å². The number of amides is 1. The Hall–Kier alpha value is -1.92. The summed E-state index contributed by atoms with van der Waals surface area (Å²) in [5.41, 5.74) is 7.27. The van der Waals surface area contributed by atoms with Gasteiger partial charge in [0.25, 0.3) is 5.91 Å². The third-order valence-electron chi connectivity index (χ3n) is 4.49. The van der Waals surface area contributed by atoms with E-state index in [-0.39, 0.29) is 17.8 Å². The molecule has 6 heteroatoms. The van der Waals surface area contributed by atoms with Crippen LogP contribution in [0.2, 0.25) is 0 Å². The number of fused-ring (bicyclic) bond motifs is 1. The molecule has 0 spiro atoms. The van der Waals surface area contributed by atoms with E-state index in [4.69, 9.17) is 5.73 Å². The summed E-state index contributed by atoms with van der Waals surface area (Å²) in [4.78, 5) is 16.1. The van der Waals surface area contributed by atoms with Gasteiger partial charge in [-0.1, -0.05) is 26.8 Å². The maximum Gasteiger partial charge on any atom is 0.284 e. The monoisotopic (exact) mass is 346 g/mol. The lowest BCUT2D eigenvalue weighted by molar-refractivity contribution is 0.0614. The zero-order valence-corrected chi connectivity index (χ0v) is 16.1. The van der Waals surface area contributed by atoms with Crippen LogP contribution in [0.25, 0.3) is 11.0 Å². The van der Waals surface area contributed by atoms with Crippen LogP contribution in [-0.4, -0.2) is 32.2 Å². The van der Waals surface area contributed by atoms with Crippen molar-refractivity contribution in [2.24, 2.45) is 11.1 Å². The first-order valence-corrected chi connectivity index (χ1v) is 8.63. The van der Waals surface area contributed by atoms with Crippen LogP contribution < -0.4 is 11.1 Å². The first-order valence-electron chi connectivity index (χ1n) is 8.63. The van der Waals surface area contributed by atoms with E-state index in [0.29, 0.717) is 11.6 Å². The molecule has 0 unspecified atom stereocenters. The van der Waals surface area contributed by atoms with Crippen molar-refractivity contribution in [1.29, 1.82) is 0 Å². The van der Waals surface area contributed by atoms with Gasteiger partial charge in [0.1, 0.15) is 0 Å². The molecular formula is C19H30N4O2. The molecule has 0 saturated heterocycles. The third kappa shape index (κ3) is 4.80. The highest BCUT2D eigenvalue weighted by atomic mass is 16.3. The Kier molecular flexibility index (Phi) is 5.25. The van der Waals surface area contributed by atoms with Gasteiger partial charge in [-0.3, -0.25) is 4.79 Å². The molecule has 1 aromatic heterocycles. The SMILES string of the molecule is C[C@H](NCc1ccc2c(c1)nc(C(N)=O)n2CC(C)(C)O)C(C)(C)C. The molecule has 1 aromatic carbocycles. The largest absolute Gasteiger partial charge is 0.389 e. The van der Waals surface area contributed by atoms with E-state index >= 15 is 0 Å². The Balaban J connectivity index is 2.33. The van der Waals surface area contributed by atoms with E-state index < -0.39 is 11.5 Å². The van der Waals surface area contributed by atoms with Crippen molar-refractivity contribution in [3.8, 4) is 0 Å². The predicted molar refractivity (Wildman–Crippen MR) is 100 cm³/mol. The van der Waals surface area contributed by atoms with Crippen LogP contribution in [0.5, 0.6) is 0 Å². The maximum absolute atomic E-state index is 11.7. The number of carbonyl (C=O) groups is 1. The van der Waals surface area contributed by atoms with Crippen LogP contribution in [0.15, 0.2) is 18.2 Å². The van der Waals surface area contributed by atoms with Crippen molar-refractivity contribution in [2.75, 3.05) is 0 Å². The Morgan fingerprint density at radius 2 is 1.96 bits per heavy atom. The number of carbonyl (C=O) groups excluding carboxylic acids is 1. The van der Waals surface area contributed by atoms with Crippen LogP contribution >= 0.6 is 0 Å². The fraction of sp³-hybridized carbons (Fsp3) is 0.579. The van der Waals surface area contributed by atoms with Gasteiger partial charge in [0.15, 0.2) is 5.82 Å². The Morgan fingerprint density at radius 3 is 2.48 bits per heavy atom. The lowest BCUT2D eigenvalue weighted by atomic mass is 9.88. The molecule has 0 aliphatic carbocycles. The van der Waals surface area contributed by atoms with Crippen LogP contribution in [0.4, 0.5) is 0 Å². The summed E-state index contributed by atoms with van der Waals surface area (Å²) in [5, 5.41) is 13.6. The highest BCUT2D eigenvalue weighted by Gasteiger charge is 2.22. The van der Waals surface area contributed by atoms with Crippen molar-refractivity contribution in [2.45, 2.75) is 66.3 Å². The summed E-state index contributed by atoms with van der Waals surface area (Å²) >= 11 is 0. The number of benzene rings is 1. The van der Waals surface area contributed by atoms with E-state index in [2.05, 4.69) is 38.0 Å². The van der Waals surface area contributed by atoms with Crippen molar-refractivity contribution in [3.63, 3.8) is 0 Å². The Labute approximate surface area is 149 Å². The number of nitrogens with one attached hydrogen (secondary N) is 1. The van der Waals surface area contributed by atoms with Crippen molar-refractivity contribution in [1.82, 2.24) is 14.9 Å². The molecule has 6 nitrogen and oxygen atoms in total. The zero-order valence-electron chi connectivity index (χ0n) is 16.1. The minimum Gasteiger partial charge on any atom is -0.389 e. The van der Waals surface area contributed by atoms with Crippen LogP contribution in [0, 0.1) is 5.41 Å². The molecule has 2 aromatic rings. The van der Waals surface area contributed by atoms with Crippen molar-refractivity contribution >= 4 is 16.9 Å². The Bertz CT molecular complexity index is 766. The normalized spacial score (nSPS) is 14.0. The van der Waals surface area contributed by atoms with Crippen LogP contribution in [0.3, 0.4) is 0 Å². The maximum atomic E-state index is 11.7. The zero-order chi connectivity index (χ0) is 19.0. The summed E-state index contributed by atoms with van der Waals surface area (Å²) in [6.45, 7) is 13.1. The highest BCUT2D eigenvalue weighted by Crippen LogP contribution is 2.22. The van der Waals surface area contributed by atoms with Gasteiger partial charge in [-0.15, -0.1) is 0 Å². The molecule has 1 atom stereocenters. The van der Waals surface area contributed by atoms with E-state index in [0.717, 1.165) is 17.6 Å². The molecule has 0 radical (unpaired) electrons. The first-order chi connectivity index (χ1) is 11.4. The van der Waals surface area contributed by atoms with Gasteiger partial charge in [0, 0.05) is 12.6 Å².